The largest absolute Gasteiger partial charge is 0.396 e. The Hall–Kier alpha value is -1.13. The number of anilines is 1. The minimum absolute atomic E-state index is 0.233. The monoisotopic (exact) mass is 252 g/mol. The van der Waals surface area contributed by atoms with E-state index in [1.54, 1.807) is 0 Å². The smallest absolute Gasteiger partial charge is 0.123 e. The second kappa shape index (κ2) is 6.16. The molecule has 1 fully saturated rings. The highest BCUT2D eigenvalue weighted by atomic mass is 19.1. The van der Waals surface area contributed by atoms with E-state index in [0.29, 0.717) is 12.5 Å². The first-order valence-corrected chi connectivity index (χ1v) is 6.59. The van der Waals surface area contributed by atoms with Crippen LogP contribution in [0, 0.1) is 11.7 Å². The highest BCUT2D eigenvalue weighted by Gasteiger charge is 2.21. The predicted molar refractivity (Wildman–Crippen MR) is 70.9 cm³/mol. The van der Waals surface area contributed by atoms with Crippen LogP contribution in [0.5, 0.6) is 0 Å². The number of nitrogens with zero attached hydrogens (tertiary/aromatic N) is 1. The molecule has 0 amide bonds. The Morgan fingerprint density at radius 1 is 1.44 bits per heavy atom. The summed E-state index contributed by atoms with van der Waals surface area (Å²) in [4.78, 5) is 2.27. The molecule has 0 bridgehead atoms. The van der Waals surface area contributed by atoms with Gasteiger partial charge >= 0.3 is 0 Å². The standard InChI is InChI=1S/C14H21FN2O/c15-13-3-4-14(12(8-13)9-16)17-6-1-2-11(10-17)5-7-18/h3-4,8,11,18H,1-2,5-7,9-10,16H2. The molecule has 1 aliphatic heterocycles. The third-order valence-corrected chi connectivity index (χ3v) is 3.66. The molecular weight excluding hydrogens is 231 g/mol. The zero-order valence-electron chi connectivity index (χ0n) is 10.6. The van der Waals surface area contributed by atoms with Crippen molar-refractivity contribution in [2.24, 2.45) is 11.7 Å². The summed E-state index contributed by atoms with van der Waals surface area (Å²) < 4.78 is 13.2. The quantitative estimate of drug-likeness (QED) is 0.860. The van der Waals surface area contributed by atoms with Crippen molar-refractivity contribution in [3.8, 4) is 0 Å². The van der Waals surface area contributed by atoms with E-state index in [2.05, 4.69) is 4.90 Å². The summed E-state index contributed by atoms with van der Waals surface area (Å²) in [5.41, 5.74) is 7.59. The summed E-state index contributed by atoms with van der Waals surface area (Å²) in [6.07, 6.45) is 3.12. The van der Waals surface area contributed by atoms with Crippen LogP contribution in [0.15, 0.2) is 18.2 Å². The highest BCUT2D eigenvalue weighted by molar-refractivity contribution is 5.54. The lowest BCUT2D eigenvalue weighted by atomic mass is 9.94. The highest BCUT2D eigenvalue weighted by Crippen LogP contribution is 2.28. The molecule has 100 valence electrons. The number of hydrogen-bond donors (Lipinski definition) is 2. The van der Waals surface area contributed by atoms with Gasteiger partial charge in [0.25, 0.3) is 0 Å². The fourth-order valence-electron chi connectivity index (χ4n) is 2.73. The van der Waals surface area contributed by atoms with Crippen LogP contribution in [-0.2, 0) is 6.54 Å². The van der Waals surface area contributed by atoms with Crippen LogP contribution in [0.1, 0.15) is 24.8 Å². The van der Waals surface area contributed by atoms with E-state index in [-0.39, 0.29) is 12.4 Å². The summed E-state index contributed by atoms with van der Waals surface area (Å²) in [6.45, 7) is 2.51. The van der Waals surface area contributed by atoms with Gasteiger partial charge in [0.2, 0.25) is 0 Å². The van der Waals surface area contributed by atoms with Crippen molar-refractivity contribution in [3.63, 3.8) is 0 Å². The predicted octanol–water partition coefficient (Wildman–Crippen LogP) is 1.88. The van der Waals surface area contributed by atoms with Crippen molar-refractivity contribution in [1.82, 2.24) is 0 Å². The minimum Gasteiger partial charge on any atom is -0.396 e. The van der Waals surface area contributed by atoms with Crippen LogP contribution < -0.4 is 10.6 Å². The minimum atomic E-state index is -0.233. The molecule has 1 aromatic rings. The van der Waals surface area contributed by atoms with Gasteiger partial charge in [-0.15, -0.1) is 0 Å². The van der Waals surface area contributed by atoms with Gasteiger partial charge < -0.3 is 15.7 Å². The molecule has 1 aromatic carbocycles. The Morgan fingerprint density at radius 2 is 2.28 bits per heavy atom. The first kappa shape index (κ1) is 13.3. The summed E-state index contributed by atoms with van der Waals surface area (Å²) in [7, 11) is 0. The second-order valence-electron chi connectivity index (χ2n) is 4.94. The number of nitrogens with two attached hydrogens (primary N) is 1. The Labute approximate surface area is 107 Å². The van der Waals surface area contributed by atoms with Crippen molar-refractivity contribution >= 4 is 5.69 Å². The van der Waals surface area contributed by atoms with Gasteiger partial charge in [0.05, 0.1) is 0 Å². The number of halogens is 1. The van der Waals surface area contributed by atoms with E-state index in [1.165, 1.54) is 12.1 Å². The van der Waals surface area contributed by atoms with E-state index < -0.39 is 0 Å². The van der Waals surface area contributed by atoms with Gasteiger partial charge in [-0.1, -0.05) is 0 Å². The SMILES string of the molecule is NCc1cc(F)ccc1N1CCCC(CCO)C1. The second-order valence-corrected chi connectivity index (χ2v) is 4.94. The molecule has 0 saturated carbocycles. The first-order valence-electron chi connectivity index (χ1n) is 6.59. The number of hydrogen-bond acceptors (Lipinski definition) is 3. The number of aliphatic hydroxyl groups is 1. The lowest BCUT2D eigenvalue weighted by Crippen LogP contribution is -2.36. The van der Waals surface area contributed by atoms with Crippen molar-refractivity contribution in [3.05, 3.63) is 29.6 Å². The Balaban J connectivity index is 2.15. The van der Waals surface area contributed by atoms with Crippen molar-refractivity contribution in [1.29, 1.82) is 0 Å². The Kier molecular flexibility index (Phi) is 4.55. The van der Waals surface area contributed by atoms with Gasteiger partial charge in [0.1, 0.15) is 5.82 Å². The fraction of sp³-hybridized carbons (Fsp3) is 0.571. The third-order valence-electron chi connectivity index (χ3n) is 3.66. The molecule has 4 heteroatoms. The zero-order valence-corrected chi connectivity index (χ0v) is 10.6. The molecule has 3 nitrogen and oxygen atoms in total. The van der Waals surface area contributed by atoms with E-state index >= 15 is 0 Å². The summed E-state index contributed by atoms with van der Waals surface area (Å²) in [5, 5.41) is 9.02. The number of rotatable bonds is 4. The summed E-state index contributed by atoms with van der Waals surface area (Å²) in [5.74, 6) is 0.294. The average Bonchev–Trinajstić information content (AvgIpc) is 2.39. The molecule has 1 aliphatic rings. The molecule has 0 spiro atoms. The third kappa shape index (κ3) is 3.00. The summed E-state index contributed by atoms with van der Waals surface area (Å²) >= 11 is 0. The van der Waals surface area contributed by atoms with Gasteiger partial charge in [-0.2, -0.15) is 0 Å². The first-order chi connectivity index (χ1) is 8.74. The van der Waals surface area contributed by atoms with E-state index in [0.717, 1.165) is 43.6 Å². The molecule has 1 saturated heterocycles. The van der Waals surface area contributed by atoms with Crippen LogP contribution >= 0.6 is 0 Å². The molecular formula is C14H21FN2O. The van der Waals surface area contributed by atoms with Crippen molar-refractivity contribution in [2.75, 3.05) is 24.6 Å². The van der Waals surface area contributed by atoms with E-state index in [4.69, 9.17) is 10.8 Å². The Morgan fingerprint density at radius 3 is 3.00 bits per heavy atom. The van der Waals surface area contributed by atoms with Crippen LogP contribution in [0.3, 0.4) is 0 Å². The molecule has 2 rings (SSSR count). The van der Waals surface area contributed by atoms with Crippen LogP contribution in [0.25, 0.3) is 0 Å². The van der Waals surface area contributed by atoms with Gasteiger partial charge in [-0.05, 0) is 48.9 Å². The summed E-state index contributed by atoms with van der Waals surface area (Å²) in [6, 6.07) is 4.83. The van der Waals surface area contributed by atoms with Crippen LogP contribution in [0.4, 0.5) is 10.1 Å². The van der Waals surface area contributed by atoms with Gasteiger partial charge in [0.15, 0.2) is 0 Å². The maximum absolute atomic E-state index is 13.2. The van der Waals surface area contributed by atoms with Gasteiger partial charge in [-0.25, -0.2) is 4.39 Å². The maximum atomic E-state index is 13.2. The number of benzene rings is 1. The molecule has 0 aliphatic carbocycles. The lowest BCUT2D eigenvalue weighted by Gasteiger charge is -2.35. The van der Waals surface area contributed by atoms with E-state index in [9.17, 15) is 4.39 Å². The number of aliphatic hydroxyl groups excluding tert-OH is 1. The van der Waals surface area contributed by atoms with Crippen molar-refractivity contribution < 1.29 is 9.50 Å². The van der Waals surface area contributed by atoms with E-state index in [1.807, 2.05) is 6.07 Å². The fourth-order valence-corrected chi connectivity index (χ4v) is 2.73. The lowest BCUT2D eigenvalue weighted by molar-refractivity contribution is 0.244. The molecule has 0 radical (unpaired) electrons. The average molecular weight is 252 g/mol. The maximum Gasteiger partial charge on any atom is 0.123 e. The van der Waals surface area contributed by atoms with Gasteiger partial charge in [-0.3, -0.25) is 0 Å². The molecule has 1 atom stereocenters. The van der Waals surface area contributed by atoms with Gasteiger partial charge in [0, 0.05) is 31.9 Å². The molecule has 1 unspecified atom stereocenters. The Bertz CT molecular complexity index is 395. The molecule has 0 aromatic heterocycles. The molecule has 18 heavy (non-hydrogen) atoms. The molecule has 1 heterocycles. The molecule has 3 N–H and O–H groups in total. The topological polar surface area (TPSA) is 49.5 Å². The van der Waals surface area contributed by atoms with Crippen LogP contribution in [-0.4, -0.2) is 24.8 Å². The van der Waals surface area contributed by atoms with Crippen molar-refractivity contribution in [2.45, 2.75) is 25.8 Å². The normalized spacial score (nSPS) is 20.2. The zero-order chi connectivity index (χ0) is 13.0. The van der Waals surface area contributed by atoms with Crippen LogP contribution in [0.2, 0.25) is 0 Å². The number of piperidine rings is 1.